The van der Waals surface area contributed by atoms with Crippen molar-refractivity contribution in [1.29, 1.82) is 0 Å². The van der Waals surface area contributed by atoms with Gasteiger partial charge in [0, 0.05) is 6.54 Å². The second kappa shape index (κ2) is 9.61. The van der Waals surface area contributed by atoms with Crippen LogP contribution in [0.3, 0.4) is 0 Å². The molecular weight excluding hydrogens is 386 g/mol. The van der Waals surface area contributed by atoms with Gasteiger partial charge in [-0.2, -0.15) is 0 Å². The first kappa shape index (κ1) is 21.6. The molecule has 1 atom stereocenters. The highest BCUT2D eigenvalue weighted by Gasteiger charge is 2.33. The number of carbonyl (C=O) groups is 1. The molecule has 0 spiro atoms. The normalized spacial score (nSPS) is 15.2. The van der Waals surface area contributed by atoms with Crippen molar-refractivity contribution in [3.05, 3.63) is 47.0 Å². The fourth-order valence-electron chi connectivity index (χ4n) is 3.90. The average molecular weight is 415 g/mol. The number of carbonyl (C=O) groups excluding carboxylic acids is 1. The van der Waals surface area contributed by atoms with Crippen LogP contribution >= 0.6 is 0 Å². The maximum absolute atomic E-state index is 12.7. The number of ether oxygens (including phenoxy) is 5. The molecule has 3 rings (SSSR count). The summed E-state index contributed by atoms with van der Waals surface area (Å²) in [5.74, 6) is 2.64. The van der Waals surface area contributed by atoms with Crippen molar-refractivity contribution >= 4 is 6.09 Å². The highest BCUT2D eigenvalue weighted by Crippen LogP contribution is 2.40. The van der Waals surface area contributed by atoms with E-state index in [0.29, 0.717) is 42.6 Å². The van der Waals surface area contributed by atoms with Crippen LogP contribution in [0, 0.1) is 0 Å². The molecule has 7 nitrogen and oxygen atoms in total. The van der Waals surface area contributed by atoms with E-state index in [0.717, 1.165) is 23.1 Å². The Hall–Kier alpha value is -3.09. The van der Waals surface area contributed by atoms with E-state index in [2.05, 4.69) is 0 Å². The predicted octanol–water partition coefficient (Wildman–Crippen LogP) is 4.02. The lowest BCUT2D eigenvalue weighted by Crippen LogP contribution is -2.41. The summed E-state index contributed by atoms with van der Waals surface area (Å²) in [7, 11) is 6.45. The zero-order valence-corrected chi connectivity index (χ0v) is 18.2. The van der Waals surface area contributed by atoms with E-state index in [9.17, 15) is 4.79 Å². The molecule has 0 bridgehead atoms. The zero-order chi connectivity index (χ0) is 21.7. The maximum atomic E-state index is 12.7. The van der Waals surface area contributed by atoms with Gasteiger partial charge in [0.1, 0.15) is 0 Å². The van der Waals surface area contributed by atoms with Gasteiger partial charge in [-0.05, 0) is 60.7 Å². The van der Waals surface area contributed by atoms with Crippen molar-refractivity contribution in [2.24, 2.45) is 0 Å². The largest absolute Gasteiger partial charge is 0.493 e. The minimum Gasteiger partial charge on any atom is -0.493 e. The summed E-state index contributed by atoms with van der Waals surface area (Å²) in [5, 5.41) is 0. The molecule has 0 saturated carbocycles. The van der Waals surface area contributed by atoms with E-state index in [1.807, 2.05) is 37.3 Å². The molecule has 0 aromatic heterocycles. The predicted molar refractivity (Wildman–Crippen MR) is 113 cm³/mol. The summed E-state index contributed by atoms with van der Waals surface area (Å²) < 4.78 is 27.1. The molecule has 0 N–H and O–H groups in total. The van der Waals surface area contributed by atoms with Crippen LogP contribution < -0.4 is 18.9 Å². The SMILES string of the molecule is CCOC(=O)N1CCc2cc(OC)c(OC)cc2C1Cc1ccc(OC)c(OC)c1. The summed E-state index contributed by atoms with van der Waals surface area (Å²) in [5.41, 5.74) is 3.19. The van der Waals surface area contributed by atoms with Gasteiger partial charge in [0.25, 0.3) is 0 Å². The minimum atomic E-state index is -0.316. The Morgan fingerprint density at radius 1 is 0.933 bits per heavy atom. The topological polar surface area (TPSA) is 66.5 Å². The molecule has 1 unspecified atom stereocenters. The third-order valence-corrected chi connectivity index (χ3v) is 5.38. The van der Waals surface area contributed by atoms with Crippen LogP contribution in [-0.4, -0.2) is 52.6 Å². The Labute approximate surface area is 177 Å². The summed E-state index contributed by atoms with van der Waals surface area (Å²) in [6, 6.07) is 9.56. The third-order valence-electron chi connectivity index (χ3n) is 5.38. The summed E-state index contributed by atoms with van der Waals surface area (Å²) in [6.07, 6.45) is 1.00. The number of amides is 1. The van der Waals surface area contributed by atoms with E-state index >= 15 is 0 Å². The van der Waals surface area contributed by atoms with Gasteiger partial charge in [0.2, 0.25) is 0 Å². The number of benzene rings is 2. The number of rotatable bonds is 7. The Morgan fingerprint density at radius 2 is 1.57 bits per heavy atom. The third kappa shape index (κ3) is 4.25. The Bertz CT molecular complexity index is 898. The van der Waals surface area contributed by atoms with Gasteiger partial charge in [0.05, 0.1) is 41.1 Å². The van der Waals surface area contributed by atoms with Crippen LogP contribution in [-0.2, 0) is 17.6 Å². The van der Waals surface area contributed by atoms with Gasteiger partial charge in [-0.1, -0.05) is 6.07 Å². The first-order valence-electron chi connectivity index (χ1n) is 9.95. The van der Waals surface area contributed by atoms with Crippen LogP contribution in [0.2, 0.25) is 0 Å². The molecule has 0 radical (unpaired) electrons. The van der Waals surface area contributed by atoms with Crippen molar-refractivity contribution in [2.45, 2.75) is 25.8 Å². The van der Waals surface area contributed by atoms with E-state index in [1.165, 1.54) is 0 Å². The van der Waals surface area contributed by atoms with Gasteiger partial charge in [-0.25, -0.2) is 4.79 Å². The summed E-state index contributed by atoms with van der Waals surface area (Å²) >= 11 is 0. The molecule has 162 valence electrons. The lowest BCUT2D eigenvalue weighted by atomic mass is 9.88. The van der Waals surface area contributed by atoms with Crippen molar-refractivity contribution < 1.29 is 28.5 Å². The molecule has 2 aromatic rings. The lowest BCUT2D eigenvalue weighted by molar-refractivity contribution is 0.0863. The van der Waals surface area contributed by atoms with Crippen molar-refractivity contribution in [1.82, 2.24) is 4.90 Å². The van der Waals surface area contributed by atoms with E-state index in [4.69, 9.17) is 23.7 Å². The smallest absolute Gasteiger partial charge is 0.410 e. The second-order valence-corrected chi connectivity index (χ2v) is 6.96. The van der Waals surface area contributed by atoms with E-state index in [1.54, 1.807) is 33.3 Å². The van der Waals surface area contributed by atoms with Gasteiger partial charge >= 0.3 is 6.09 Å². The molecule has 1 aliphatic heterocycles. The minimum absolute atomic E-state index is 0.203. The highest BCUT2D eigenvalue weighted by atomic mass is 16.6. The maximum Gasteiger partial charge on any atom is 0.410 e. The quantitative estimate of drug-likeness (QED) is 0.681. The van der Waals surface area contributed by atoms with Gasteiger partial charge in [-0.3, -0.25) is 0 Å². The van der Waals surface area contributed by atoms with Crippen LogP contribution in [0.4, 0.5) is 4.79 Å². The van der Waals surface area contributed by atoms with Crippen LogP contribution in [0.1, 0.15) is 29.7 Å². The molecule has 7 heteroatoms. The molecule has 0 saturated heterocycles. The molecule has 1 heterocycles. The summed E-state index contributed by atoms with van der Waals surface area (Å²) in [4.78, 5) is 14.5. The average Bonchev–Trinajstić information content (AvgIpc) is 2.78. The van der Waals surface area contributed by atoms with Crippen LogP contribution in [0.25, 0.3) is 0 Å². The number of hydrogen-bond donors (Lipinski definition) is 0. The molecule has 2 aromatic carbocycles. The number of nitrogens with zero attached hydrogens (tertiary/aromatic N) is 1. The fourth-order valence-corrected chi connectivity index (χ4v) is 3.90. The first-order valence-corrected chi connectivity index (χ1v) is 9.95. The first-order chi connectivity index (χ1) is 14.6. The molecule has 0 fully saturated rings. The van der Waals surface area contributed by atoms with Crippen LogP contribution in [0.15, 0.2) is 30.3 Å². The second-order valence-electron chi connectivity index (χ2n) is 6.96. The van der Waals surface area contributed by atoms with Crippen molar-refractivity contribution in [3.63, 3.8) is 0 Å². The van der Waals surface area contributed by atoms with Gasteiger partial charge in [-0.15, -0.1) is 0 Å². The van der Waals surface area contributed by atoms with E-state index < -0.39 is 0 Å². The zero-order valence-electron chi connectivity index (χ0n) is 18.2. The number of fused-ring (bicyclic) bond motifs is 1. The van der Waals surface area contributed by atoms with Crippen molar-refractivity contribution in [3.8, 4) is 23.0 Å². The molecule has 1 aliphatic rings. The molecule has 30 heavy (non-hydrogen) atoms. The lowest BCUT2D eigenvalue weighted by Gasteiger charge is -2.37. The number of hydrogen-bond acceptors (Lipinski definition) is 6. The van der Waals surface area contributed by atoms with Crippen molar-refractivity contribution in [2.75, 3.05) is 41.6 Å². The monoisotopic (exact) mass is 415 g/mol. The summed E-state index contributed by atoms with van der Waals surface area (Å²) in [6.45, 7) is 2.71. The Balaban J connectivity index is 2.04. The Morgan fingerprint density at radius 3 is 2.20 bits per heavy atom. The number of methoxy groups -OCH3 is 4. The molecule has 0 aliphatic carbocycles. The molecular formula is C23H29NO6. The highest BCUT2D eigenvalue weighted by molar-refractivity contribution is 5.69. The van der Waals surface area contributed by atoms with Gasteiger partial charge in [0.15, 0.2) is 23.0 Å². The van der Waals surface area contributed by atoms with Crippen LogP contribution in [0.5, 0.6) is 23.0 Å². The van der Waals surface area contributed by atoms with E-state index in [-0.39, 0.29) is 12.1 Å². The van der Waals surface area contributed by atoms with Gasteiger partial charge < -0.3 is 28.6 Å². The standard InChI is InChI=1S/C23H29NO6/c1-6-30-23(25)24-10-9-16-13-21(28-4)22(29-5)14-17(16)18(24)11-15-7-8-19(26-2)20(12-15)27-3/h7-8,12-14,18H,6,9-11H2,1-5H3. The fraction of sp³-hybridized carbons (Fsp3) is 0.435. The Kier molecular flexibility index (Phi) is 6.92. The molecule has 1 amide bonds.